The molecule has 0 aliphatic carbocycles. The van der Waals surface area contributed by atoms with Gasteiger partial charge in [0.2, 0.25) is 0 Å². The van der Waals surface area contributed by atoms with E-state index >= 15 is 0 Å². The molecule has 5 nitrogen and oxygen atoms in total. The number of nitrogens with one attached hydrogen (secondary N) is 1. The van der Waals surface area contributed by atoms with E-state index in [0.717, 1.165) is 26.0 Å². The van der Waals surface area contributed by atoms with Crippen molar-refractivity contribution in [2.45, 2.75) is 64.1 Å². The predicted molar refractivity (Wildman–Crippen MR) is 80.0 cm³/mol. The molecular formula is C15H30N2O3. The molecule has 0 aromatic heterocycles. The third-order valence-electron chi connectivity index (χ3n) is 4.54. The fourth-order valence-corrected chi connectivity index (χ4v) is 3.16. The van der Waals surface area contributed by atoms with Gasteiger partial charge in [0.1, 0.15) is 5.54 Å². The number of rotatable bonds is 9. The van der Waals surface area contributed by atoms with E-state index in [2.05, 4.69) is 24.2 Å². The molecule has 0 saturated carbocycles. The number of ether oxygens (including phenoxy) is 1. The Bertz CT molecular complexity index is 311. The van der Waals surface area contributed by atoms with Gasteiger partial charge in [-0.05, 0) is 52.7 Å². The van der Waals surface area contributed by atoms with Gasteiger partial charge in [-0.25, -0.2) is 0 Å². The summed E-state index contributed by atoms with van der Waals surface area (Å²) in [6.07, 6.45) is 3.52. The molecule has 0 aromatic carbocycles. The van der Waals surface area contributed by atoms with Gasteiger partial charge in [0, 0.05) is 12.6 Å². The maximum Gasteiger partial charge on any atom is 0.323 e. The van der Waals surface area contributed by atoms with Gasteiger partial charge in [-0.15, -0.1) is 0 Å². The number of aliphatic carboxylic acids is 1. The van der Waals surface area contributed by atoms with Gasteiger partial charge in [0.05, 0.1) is 6.10 Å². The van der Waals surface area contributed by atoms with E-state index in [4.69, 9.17) is 4.74 Å². The maximum absolute atomic E-state index is 11.5. The van der Waals surface area contributed by atoms with E-state index in [1.165, 1.54) is 0 Å². The molecule has 1 rings (SSSR count). The molecule has 1 aliphatic heterocycles. The van der Waals surface area contributed by atoms with Crippen LogP contribution in [-0.4, -0.2) is 60.4 Å². The first kappa shape index (κ1) is 17.4. The van der Waals surface area contributed by atoms with Gasteiger partial charge in [0.25, 0.3) is 0 Å². The highest BCUT2D eigenvalue weighted by atomic mass is 16.5. The van der Waals surface area contributed by atoms with Crippen molar-refractivity contribution in [3.63, 3.8) is 0 Å². The SMILES string of the molecule is CCNC(CC)(CCCN(C)C1CCOC1C)C(=O)O. The van der Waals surface area contributed by atoms with Crippen molar-refractivity contribution in [3.05, 3.63) is 0 Å². The minimum Gasteiger partial charge on any atom is -0.480 e. The minimum absolute atomic E-state index is 0.282. The van der Waals surface area contributed by atoms with Gasteiger partial charge in [-0.1, -0.05) is 13.8 Å². The van der Waals surface area contributed by atoms with Crippen molar-refractivity contribution in [3.8, 4) is 0 Å². The molecule has 1 saturated heterocycles. The van der Waals surface area contributed by atoms with Crippen LogP contribution in [0.25, 0.3) is 0 Å². The predicted octanol–water partition coefficient (Wildman–Crippen LogP) is 1.72. The lowest BCUT2D eigenvalue weighted by Crippen LogP contribution is -2.52. The molecule has 0 aromatic rings. The summed E-state index contributed by atoms with van der Waals surface area (Å²) in [5.74, 6) is -0.734. The van der Waals surface area contributed by atoms with E-state index in [1.807, 2.05) is 13.8 Å². The van der Waals surface area contributed by atoms with Crippen molar-refractivity contribution < 1.29 is 14.6 Å². The first-order valence-electron chi connectivity index (χ1n) is 7.77. The Morgan fingerprint density at radius 3 is 2.65 bits per heavy atom. The van der Waals surface area contributed by atoms with E-state index in [9.17, 15) is 9.90 Å². The summed E-state index contributed by atoms with van der Waals surface area (Å²) in [5, 5.41) is 12.6. The fraction of sp³-hybridized carbons (Fsp3) is 0.933. The average molecular weight is 286 g/mol. The van der Waals surface area contributed by atoms with Crippen LogP contribution in [0.5, 0.6) is 0 Å². The van der Waals surface area contributed by atoms with E-state index in [1.54, 1.807) is 0 Å². The molecule has 2 N–H and O–H groups in total. The molecule has 1 aliphatic rings. The molecule has 5 heteroatoms. The van der Waals surface area contributed by atoms with Crippen molar-refractivity contribution in [2.24, 2.45) is 0 Å². The normalized spacial score (nSPS) is 25.9. The standard InChI is InChI=1S/C15H30N2O3/c1-5-15(14(18)19,16-6-2)9-7-10-17(4)13-8-11-20-12(13)3/h12-13,16H,5-11H2,1-4H3,(H,18,19). The first-order chi connectivity index (χ1) is 9.46. The van der Waals surface area contributed by atoms with Crippen LogP contribution < -0.4 is 5.32 Å². The van der Waals surface area contributed by atoms with E-state index in [0.29, 0.717) is 25.4 Å². The third-order valence-corrected chi connectivity index (χ3v) is 4.54. The van der Waals surface area contributed by atoms with Gasteiger partial charge < -0.3 is 20.1 Å². The second-order valence-corrected chi connectivity index (χ2v) is 5.79. The van der Waals surface area contributed by atoms with Crippen molar-refractivity contribution >= 4 is 5.97 Å². The molecule has 3 atom stereocenters. The molecule has 1 heterocycles. The van der Waals surface area contributed by atoms with E-state index in [-0.39, 0.29) is 6.10 Å². The number of carbonyl (C=O) groups is 1. The smallest absolute Gasteiger partial charge is 0.323 e. The van der Waals surface area contributed by atoms with Crippen LogP contribution in [0.4, 0.5) is 0 Å². The van der Waals surface area contributed by atoms with Gasteiger partial charge >= 0.3 is 5.97 Å². The highest BCUT2D eigenvalue weighted by Gasteiger charge is 2.35. The fourth-order valence-electron chi connectivity index (χ4n) is 3.16. The second-order valence-electron chi connectivity index (χ2n) is 5.79. The molecule has 0 amide bonds. The Morgan fingerprint density at radius 2 is 2.20 bits per heavy atom. The Kier molecular flexibility index (Phi) is 6.92. The number of hydrogen-bond donors (Lipinski definition) is 2. The lowest BCUT2D eigenvalue weighted by Gasteiger charge is -2.31. The lowest BCUT2D eigenvalue weighted by molar-refractivity contribution is -0.145. The zero-order valence-electron chi connectivity index (χ0n) is 13.3. The van der Waals surface area contributed by atoms with Crippen LogP contribution in [-0.2, 0) is 9.53 Å². The van der Waals surface area contributed by atoms with E-state index < -0.39 is 11.5 Å². The number of likely N-dealkylation sites (N-methyl/N-ethyl adjacent to an activating group) is 2. The van der Waals surface area contributed by atoms with Crippen LogP contribution in [0.2, 0.25) is 0 Å². The van der Waals surface area contributed by atoms with Crippen molar-refractivity contribution in [1.82, 2.24) is 10.2 Å². The summed E-state index contributed by atoms with van der Waals surface area (Å²) in [5.41, 5.74) is -0.770. The summed E-state index contributed by atoms with van der Waals surface area (Å²) in [4.78, 5) is 13.8. The number of carboxylic acids is 1. The maximum atomic E-state index is 11.5. The topological polar surface area (TPSA) is 61.8 Å². The molecule has 20 heavy (non-hydrogen) atoms. The van der Waals surface area contributed by atoms with Gasteiger partial charge in [-0.3, -0.25) is 4.79 Å². The summed E-state index contributed by atoms with van der Waals surface area (Å²) < 4.78 is 5.58. The highest BCUT2D eigenvalue weighted by molar-refractivity contribution is 5.78. The van der Waals surface area contributed by atoms with Gasteiger partial charge in [-0.2, -0.15) is 0 Å². The van der Waals surface area contributed by atoms with Crippen molar-refractivity contribution in [1.29, 1.82) is 0 Å². The summed E-state index contributed by atoms with van der Waals surface area (Å²) in [7, 11) is 2.11. The highest BCUT2D eigenvalue weighted by Crippen LogP contribution is 2.21. The monoisotopic (exact) mass is 286 g/mol. The molecule has 1 fully saturated rings. The third kappa shape index (κ3) is 4.17. The molecular weight excluding hydrogens is 256 g/mol. The zero-order chi connectivity index (χ0) is 15.2. The average Bonchev–Trinajstić information content (AvgIpc) is 2.83. The quantitative estimate of drug-likeness (QED) is 0.676. The first-order valence-corrected chi connectivity index (χ1v) is 7.77. The Labute approximate surface area is 122 Å². The second kappa shape index (κ2) is 7.96. The number of nitrogens with zero attached hydrogens (tertiary/aromatic N) is 1. The number of hydrogen-bond acceptors (Lipinski definition) is 4. The van der Waals surface area contributed by atoms with Crippen LogP contribution in [0.15, 0.2) is 0 Å². The van der Waals surface area contributed by atoms with Crippen molar-refractivity contribution in [2.75, 3.05) is 26.7 Å². The Morgan fingerprint density at radius 1 is 1.50 bits per heavy atom. The zero-order valence-corrected chi connectivity index (χ0v) is 13.3. The molecule has 3 unspecified atom stereocenters. The Balaban J connectivity index is 2.45. The summed E-state index contributed by atoms with van der Waals surface area (Å²) in [6, 6.07) is 0.468. The lowest BCUT2D eigenvalue weighted by atomic mass is 9.90. The summed E-state index contributed by atoms with van der Waals surface area (Å²) >= 11 is 0. The van der Waals surface area contributed by atoms with Crippen LogP contribution >= 0.6 is 0 Å². The molecule has 0 bridgehead atoms. The van der Waals surface area contributed by atoms with Crippen LogP contribution in [0.3, 0.4) is 0 Å². The van der Waals surface area contributed by atoms with Crippen LogP contribution in [0.1, 0.15) is 46.5 Å². The summed E-state index contributed by atoms with van der Waals surface area (Å²) in [6.45, 7) is 8.44. The van der Waals surface area contributed by atoms with Crippen LogP contribution in [0, 0.1) is 0 Å². The Hall–Kier alpha value is -0.650. The minimum atomic E-state index is -0.770. The van der Waals surface area contributed by atoms with Gasteiger partial charge in [0.15, 0.2) is 0 Å². The number of carboxylic acid groups (broad SMARTS) is 1. The largest absolute Gasteiger partial charge is 0.480 e. The molecule has 0 spiro atoms. The molecule has 118 valence electrons. The molecule has 0 radical (unpaired) electrons.